The molecule has 1 rings (SSSR count). The first-order valence-corrected chi connectivity index (χ1v) is 9.01. The van der Waals surface area contributed by atoms with Gasteiger partial charge in [0.25, 0.3) is 5.91 Å². The highest BCUT2D eigenvalue weighted by Gasteiger charge is 2.17. The molecule has 0 fully saturated rings. The summed E-state index contributed by atoms with van der Waals surface area (Å²) in [5.41, 5.74) is 2.97. The summed E-state index contributed by atoms with van der Waals surface area (Å²) >= 11 is 0. The fourth-order valence-electron chi connectivity index (χ4n) is 2.56. The summed E-state index contributed by atoms with van der Waals surface area (Å²) in [6.45, 7) is 9.48. The second-order valence-electron chi connectivity index (χ2n) is 6.21. The van der Waals surface area contributed by atoms with Crippen molar-refractivity contribution in [1.82, 2.24) is 4.90 Å². The van der Waals surface area contributed by atoms with E-state index in [0.29, 0.717) is 25.3 Å². The number of carbonyl (C=O) groups excluding carboxylic acids is 2. The number of nitrogens with zero attached hydrogens (tertiary/aromatic N) is 1. The molecule has 4 nitrogen and oxygen atoms in total. The Labute approximate surface area is 146 Å². The van der Waals surface area contributed by atoms with Gasteiger partial charge in [0.2, 0.25) is 0 Å². The molecule has 0 spiro atoms. The molecule has 0 unspecified atom stereocenters. The molecule has 0 bridgehead atoms. The Morgan fingerprint density at radius 1 is 1.00 bits per heavy atom. The van der Waals surface area contributed by atoms with E-state index >= 15 is 0 Å². The molecule has 0 atom stereocenters. The van der Waals surface area contributed by atoms with E-state index in [2.05, 4.69) is 6.92 Å². The van der Waals surface area contributed by atoms with Crippen molar-refractivity contribution in [1.29, 1.82) is 0 Å². The van der Waals surface area contributed by atoms with E-state index < -0.39 is 0 Å². The van der Waals surface area contributed by atoms with E-state index in [9.17, 15) is 9.59 Å². The van der Waals surface area contributed by atoms with Gasteiger partial charge in [-0.3, -0.25) is 9.59 Å². The van der Waals surface area contributed by atoms with Gasteiger partial charge in [0.1, 0.15) is 0 Å². The smallest absolute Gasteiger partial charge is 0.307 e. The number of carbonyl (C=O) groups is 2. The van der Waals surface area contributed by atoms with Crippen LogP contribution in [-0.4, -0.2) is 36.5 Å². The maximum Gasteiger partial charge on any atom is 0.307 e. The molecule has 134 valence electrons. The maximum atomic E-state index is 12.8. The lowest BCUT2D eigenvalue weighted by atomic mass is 10.1. The van der Waals surface area contributed by atoms with E-state index in [4.69, 9.17) is 4.74 Å². The molecule has 1 aromatic carbocycles. The maximum absolute atomic E-state index is 12.8. The Hall–Kier alpha value is -1.84. The van der Waals surface area contributed by atoms with Crippen LogP contribution in [0.25, 0.3) is 0 Å². The minimum atomic E-state index is -0.246. The van der Waals surface area contributed by atoms with Crippen molar-refractivity contribution < 1.29 is 14.3 Å². The highest BCUT2D eigenvalue weighted by molar-refractivity contribution is 5.94. The van der Waals surface area contributed by atoms with Crippen LogP contribution < -0.4 is 0 Å². The van der Waals surface area contributed by atoms with Crippen molar-refractivity contribution in [2.75, 3.05) is 19.7 Å². The summed E-state index contributed by atoms with van der Waals surface area (Å²) < 4.78 is 4.98. The molecule has 0 aliphatic heterocycles. The summed E-state index contributed by atoms with van der Waals surface area (Å²) in [7, 11) is 0. The molecule has 0 aromatic heterocycles. The zero-order valence-corrected chi connectivity index (χ0v) is 15.6. The summed E-state index contributed by atoms with van der Waals surface area (Å²) in [6.07, 6.45) is 4.65. The number of esters is 1. The lowest BCUT2D eigenvalue weighted by molar-refractivity contribution is -0.143. The zero-order chi connectivity index (χ0) is 17.9. The highest BCUT2D eigenvalue weighted by Crippen LogP contribution is 2.13. The van der Waals surface area contributed by atoms with Crippen LogP contribution in [0.2, 0.25) is 0 Å². The molecule has 0 aliphatic carbocycles. The number of benzene rings is 1. The first-order valence-electron chi connectivity index (χ1n) is 9.01. The van der Waals surface area contributed by atoms with Crippen LogP contribution in [0, 0.1) is 13.8 Å². The fraction of sp³-hybridized carbons (Fsp3) is 0.600. The molecule has 0 N–H and O–H groups in total. The van der Waals surface area contributed by atoms with E-state index in [-0.39, 0.29) is 18.3 Å². The summed E-state index contributed by atoms with van der Waals surface area (Å²) in [5, 5.41) is 0. The second kappa shape index (κ2) is 10.8. The molecule has 0 saturated carbocycles. The van der Waals surface area contributed by atoms with E-state index in [1.807, 2.05) is 32.0 Å². The van der Waals surface area contributed by atoms with Gasteiger partial charge in [-0.1, -0.05) is 32.3 Å². The average molecular weight is 333 g/mol. The first kappa shape index (κ1) is 20.2. The molecular weight excluding hydrogens is 302 g/mol. The molecule has 24 heavy (non-hydrogen) atoms. The Kier molecular flexibility index (Phi) is 9.13. The minimum Gasteiger partial charge on any atom is -0.466 e. The third-order valence-electron chi connectivity index (χ3n) is 4.21. The standard InChI is InChI=1S/C20H31NO3/c1-5-7-8-9-13-21(14-12-19(22)24-6-2)20(23)18-11-10-16(3)17(4)15-18/h10-11,15H,5-9,12-14H2,1-4H3. The number of amides is 1. The number of unbranched alkanes of at least 4 members (excludes halogenated alkanes) is 3. The quantitative estimate of drug-likeness (QED) is 0.474. The molecule has 1 amide bonds. The SMILES string of the molecule is CCCCCCN(CCC(=O)OCC)C(=O)c1ccc(C)c(C)c1. The van der Waals surface area contributed by atoms with Crippen molar-refractivity contribution >= 4 is 11.9 Å². The van der Waals surface area contributed by atoms with E-state index in [1.165, 1.54) is 12.0 Å². The van der Waals surface area contributed by atoms with E-state index in [1.54, 1.807) is 11.8 Å². The Morgan fingerprint density at radius 2 is 1.75 bits per heavy atom. The summed E-state index contributed by atoms with van der Waals surface area (Å²) in [4.78, 5) is 26.2. The zero-order valence-electron chi connectivity index (χ0n) is 15.6. The normalized spacial score (nSPS) is 10.5. The van der Waals surface area contributed by atoms with Crippen LogP contribution >= 0.6 is 0 Å². The number of aryl methyl sites for hydroxylation is 2. The third kappa shape index (κ3) is 6.73. The van der Waals surface area contributed by atoms with Gasteiger partial charge in [-0.2, -0.15) is 0 Å². The Morgan fingerprint density at radius 3 is 2.38 bits per heavy atom. The lowest BCUT2D eigenvalue weighted by Crippen LogP contribution is -2.34. The number of rotatable bonds is 10. The van der Waals surface area contributed by atoms with Crippen LogP contribution in [0.1, 0.15) is 67.4 Å². The summed E-state index contributed by atoms with van der Waals surface area (Å²) in [5.74, 6) is -0.247. The number of hydrogen-bond acceptors (Lipinski definition) is 3. The van der Waals surface area contributed by atoms with Gasteiger partial charge in [0.05, 0.1) is 13.0 Å². The van der Waals surface area contributed by atoms with Gasteiger partial charge in [-0.25, -0.2) is 0 Å². The Bertz CT molecular complexity index is 540. The van der Waals surface area contributed by atoms with Gasteiger partial charge < -0.3 is 9.64 Å². The van der Waals surface area contributed by atoms with Crippen LogP contribution in [-0.2, 0) is 9.53 Å². The topological polar surface area (TPSA) is 46.6 Å². The van der Waals surface area contributed by atoms with Gasteiger partial charge >= 0.3 is 5.97 Å². The van der Waals surface area contributed by atoms with Gasteiger partial charge in [-0.05, 0) is 50.5 Å². The van der Waals surface area contributed by atoms with E-state index in [0.717, 1.165) is 24.8 Å². The number of hydrogen-bond donors (Lipinski definition) is 0. The molecule has 0 radical (unpaired) electrons. The number of ether oxygens (including phenoxy) is 1. The lowest BCUT2D eigenvalue weighted by Gasteiger charge is -2.23. The van der Waals surface area contributed by atoms with Crippen molar-refractivity contribution in [3.05, 3.63) is 34.9 Å². The van der Waals surface area contributed by atoms with Crippen molar-refractivity contribution in [3.63, 3.8) is 0 Å². The summed E-state index contributed by atoms with van der Waals surface area (Å²) in [6, 6.07) is 5.78. The van der Waals surface area contributed by atoms with Crippen molar-refractivity contribution in [3.8, 4) is 0 Å². The second-order valence-corrected chi connectivity index (χ2v) is 6.21. The van der Waals surface area contributed by atoms with Crippen LogP contribution in [0.5, 0.6) is 0 Å². The fourth-order valence-corrected chi connectivity index (χ4v) is 2.56. The van der Waals surface area contributed by atoms with Crippen molar-refractivity contribution in [2.24, 2.45) is 0 Å². The van der Waals surface area contributed by atoms with Gasteiger partial charge in [0.15, 0.2) is 0 Å². The monoisotopic (exact) mass is 333 g/mol. The molecular formula is C20H31NO3. The molecule has 4 heteroatoms. The van der Waals surface area contributed by atoms with Gasteiger partial charge in [-0.15, -0.1) is 0 Å². The largest absolute Gasteiger partial charge is 0.466 e. The Balaban J connectivity index is 2.75. The predicted molar refractivity (Wildman–Crippen MR) is 97.2 cm³/mol. The molecule has 1 aromatic rings. The molecule has 0 heterocycles. The first-order chi connectivity index (χ1) is 11.5. The van der Waals surface area contributed by atoms with Crippen molar-refractivity contribution in [2.45, 2.75) is 59.8 Å². The highest BCUT2D eigenvalue weighted by atomic mass is 16.5. The third-order valence-corrected chi connectivity index (χ3v) is 4.21. The predicted octanol–water partition coefficient (Wildman–Crippen LogP) is 4.28. The van der Waals surface area contributed by atoms with Crippen LogP contribution in [0.4, 0.5) is 0 Å². The minimum absolute atomic E-state index is 0.00102. The van der Waals surface area contributed by atoms with Crippen LogP contribution in [0.3, 0.4) is 0 Å². The average Bonchev–Trinajstić information content (AvgIpc) is 2.56. The van der Waals surface area contributed by atoms with Crippen LogP contribution in [0.15, 0.2) is 18.2 Å². The van der Waals surface area contributed by atoms with Gasteiger partial charge in [0, 0.05) is 18.7 Å². The molecule has 0 aliphatic rings. The molecule has 0 saturated heterocycles.